The smallest absolute Gasteiger partial charge is 0.410 e. The third-order valence-corrected chi connectivity index (χ3v) is 7.55. The monoisotopic (exact) mass is 536 g/mol. The number of nitrogens with one attached hydrogen (secondary N) is 1. The van der Waals surface area contributed by atoms with E-state index < -0.39 is 11.7 Å². The molecule has 2 N–H and O–H groups in total. The van der Waals surface area contributed by atoms with Gasteiger partial charge in [0.1, 0.15) is 5.60 Å². The summed E-state index contributed by atoms with van der Waals surface area (Å²) in [6, 6.07) is 21.4. The van der Waals surface area contributed by atoms with Crippen molar-refractivity contribution < 1.29 is 19.4 Å². The molecule has 3 aliphatic rings. The Bertz CT molecular complexity index is 1090. The lowest BCUT2D eigenvalue weighted by atomic mass is 10.00. The first-order valence-corrected chi connectivity index (χ1v) is 14.1. The van der Waals surface area contributed by atoms with Crippen LogP contribution in [0.5, 0.6) is 0 Å². The molecular formula is C31H44N4O4. The molecule has 2 aromatic rings. The van der Waals surface area contributed by atoms with Gasteiger partial charge in [-0.1, -0.05) is 60.7 Å². The van der Waals surface area contributed by atoms with Crippen molar-refractivity contribution in [2.45, 2.75) is 83.3 Å². The molecule has 2 aliphatic heterocycles. The van der Waals surface area contributed by atoms with Gasteiger partial charge in [0.25, 0.3) is 0 Å². The first kappa shape index (κ1) is 28.9. The Morgan fingerprint density at radius 3 is 1.92 bits per heavy atom. The molecule has 8 nitrogen and oxygen atoms in total. The number of benzene rings is 2. The summed E-state index contributed by atoms with van der Waals surface area (Å²) in [5.74, 6) is 0. The topological polar surface area (TPSA) is 85.4 Å². The van der Waals surface area contributed by atoms with Gasteiger partial charge in [0.15, 0.2) is 0 Å². The van der Waals surface area contributed by atoms with Gasteiger partial charge < -0.3 is 15.2 Å². The molecular weight excluding hydrogens is 492 g/mol. The molecule has 212 valence electrons. The SMILES string of the molecule is CC1CN(C(=O)O)C(c2ccccc2)CN1C1CC1.CC1CN(C(=O)OC(C)(C)C)C(c2ccccc2)CN1. The number of hydrogen-bond acceptors (Lipinski definition) is 5. The number of carbonyl (C=O) groups excluding carboxylic acids is 1. The molecule has 0 spiro atoms. The van der Waals surface area contributed by atoms with Crippen LogP contribution in [0.15, 0.2) is 60.7 Å². The van der Waals surface area contributed by atoms with Crippen LogP contribution in [0.2, 0.25) is 0 Å². The maximum Gasteiger partial charge on any atom is 0.410 e. The highest BCUT2D eigenvalue weighted by molar-refractivity contribution is 5.69. The minimum Gasteiger partial charge on any atom is -0.465 e. The number of nitrogens with zero attached hydrogens (tertiary/aromatic N) is 3. The normalized spacial score (nSPS) is 25.9. The number of carboxylic acid groups (broad SMARTS) is 1. The molecule has 1 aliphatic carbocycles. The van der Waals surface area contributed by atoms with Crippen LogP contribution in [0.1, 0.15) is 70.7 Å². The van der Waals surface area contributed by atoms with Crippen molar-refractivity contribution in [1.29, 1.82) is 0 Å². The summed E-state index contributed by atoms with van der Waals surface area (Å²) in [5, 5.41) is 12.9. The van der Waals surface area contributed by atoms with E-state index in [1.54, 1.807) is 4.90 Å². The van der Waals surface area contributed by atoms with Crippen molar-refractivity contribution in [3.05, 3.63) is 71.8 Å². The zero-order valence-electron chi connectivity index (χ0n) is 23.9. The van der Waals surface area contributed by atoms with Crippen LogP contribution in [0.4, 0.5) is 9.59 Å². The van der Waals surface area contributed by atoms with Crippen LogP contribution in [0.3, 0.4) is 0 Å². The molecule has 2 aromatic carbocycles. The molecule has 3 fully saturated rings. The lowest BCUT2D eigenvalue weighted by molar-refractivity contribution is 0.00786. The third kappa shape index (κ3) is 7.73. The summed E-state index contributed by atoms with van der Waals surface area (Å²) in [6.45, 7) is 12.7. The number of rotatable bonds is 3. The van der Waals surface area contributed by atoms with E-state index in [2.05, 4.69) is 36.2 Å². The van der Waals surface area contributed by atoms with E-state index in [0.29, 0.717) is 25.2 Å². The zero-order valence-corrected chi connectivity index (χ0v) is 23.9. The molecule has 0 aromatic heterocycles. The molecule has 0 bridgehead atoms. The van der Waals surface area contributed by atoms with Crippen LogP contribution < -0.4 is 5.32 Å². The van der Waals surface area contributed by atoms with Crippen molar-refractivity contribution in [2.75, 3.05) is 26.2 Å². The van der Waals surface area contributed by atoms with Crippen molar-refractivity contribution in [3.8, 4) is 0 Å². The molecule has 1 saturated carbocycles. The van der Waals surface area contributed by atoms with Crippen LogP contribution in [0, 0.1) is 0 Å². The van der Waals surface area contributed by atoms with E-state index in [1.165, 1.54) is 12.8 Å². The van der Waals surface area contributed by atoms with Gasteiger partial charge in [0, 0.05) is 44.3 Å². The Labute approximate surface area is 232 Å². The second kappa shape index (κ2) is 12.4. The predicted molar refractivity (Wildman–Crippen MR) is 153 cm³/mol. The quantitative estimate of drug-likeness (QED) is 0.537. The van der Waals surface area contributed by atoms with Gasteiger partial charge in [0.2, 0.25) is 0 Å². The average Bonchev–Trinajstić information content (AvgIpc) is 3.74. The van der Waals surface area contributed by atoms with E-state index in [1.807, 2.05) is 74.2 Å². The van der Waals surface area contributed by atoms with Gasteiger partial charge in [-0.2, -0.15) is 0 Å². The van der Waals surface area contributed by atoms with Gasteiger partial charge in [-0.15, -0.1) is 0 Å². The van der Waals surface area contributed by atoms with E-state index in [0.717, 1.165) is 24.2 Å². The third-order valence-electron chi connectivity index (χ3n) is 7.55. The number of amides is 2. The predicted octanol–water partition coefficient (Wildman–Crippen LogP) is 5.53. The summed E-state index contributed by atoms with van der Waals surface area (Å²) >= 11 is 0. The highest BCUT2D eigenvalue weighted by Crippen LogP contribution is 2.36. The number of hydrogen-bond donors (Lipinski definition) is 2. The lowest BCUT2D eigenvalue weighted by Gasteiger charge is -2.44. The minimum absolute atomic E-state index is 0.0299. The van der Waals surface area contributed by atoms with Crippen LogP contribution in [0.25, 0.3) is 0 Å². The Morgan fingerprint density at radius 1 is 0.846 bits per heavy atom. The highest BCUT2D eigenvalue weighted by atomic mass is 16.6. The zero-order chi connectivity index (χ0) is 28.2. The van der Waals surface area contributed by atoms with Crippen LogP contribution in [-0.2, 0) is 4.74 Å². The minimum atomic E-state index is -0.809. The maximum atomic E-state index is 12.4. The fraction of sp³-hybridized carbons (Fsp3) is 0.548. The number of ether oxygens (including phenoxy) is 1. The second-order valence-electron chi connectivity index (χ2n) is 12.0. The number of piperazine rings is 2. The standard InChI is InChI=1S/C16H24N2O2.C15H20N2O2/c1-12-11-18(15(19)20-16(2,3)4)14(10-17-12)13-8-6-5-7-9-13;1-11-9-17(15(18)19)14(10-16(11)13-7-8-13)12-5-3-2-4-6-12/h5-9,12,14,17H,10-11H2,1-4H3;2-6,11,13-14H,7-10H2,1H3,(H,18,19). The van der Waals surface area contributed by atoms with Crippen LogP contribution in [-0.4, -0.2) is 81.9 Å². The van der Waals surface area contributed by atoms with Gasteiger partial charge in [-0.05, 0) is 58.6 Å². The molecule has 2 amide bonds. The van der Waals surface area contributed by atoms with Crippen molar-refractivity contribution in [3.63, 3.8) is 0 Å². The molecule has 39 heavy (non-hydrogen) atoms. The van der Waals surface area contributed by atoms with Crippen LogP contribution >= 0.6 is 0 Å². The van der Waals surface area contributed by atoms with E-state index in [-0.39, 0.29) is 24.2 Å². The Kier molecular flexibility index (Phi) is 9.18. The Balaban J connectivity index is 0.000000181. The van der Waals surface area contributed by atoms with E-state index in [9.17, 15) is 14.7 Å². The fourth-order valence-electron chi connectivity index (χ4n) is 5.49. The first-order valence-electron chi connectivity index (χ1n) is 14.1. The summed E-state index contributed by atoms with van der Waals surface area (Å²) in [4.78, 5) is 29.8. The molecule has 2 heterocycles. The van der Waals surface area contributed by atoms with Gasteiger partial charge in [0.05, 0.1) is 12.1 Å². The molecule has 0 radical (unpaired) electrons. The molecule has 4 unspecified atom stereocenters. The average molecular weight is 537 g/mol. The van der Waals surface area contributed by atoms with Crippen molar-refractivity contribution in [1.82, 2.24) is 20.0 Å². The Hall–Kier alpha value is -3.10. The Morgan fingerprint density at radius 2 is 1.41 bits per heavy atom. The van der Waals surface area contributed by atoms with Crippen molar-refractivity contribution in [2.24, 2.45) is 0 Å². The first-order chi connectivity index (χ1) is 18.5. The van der Waals surface area contributed by atoms with E-state index >= 15 is 0 Å². The maximum absolute atomic E-state index is 12.4. The summed E-state index contributed by atoms with van der Waals surface area (Å²) in [5.41, 5.74) is 1.77. The van der Waals surface area contributed by atoms with Gasteiger partial charge >= 0.3 is 12.2 Å². The molecule has 4 atom stereocenters. The van der Waals surface area contributed by atoms with E-state index in [4.69, 9.17) is 4.74 Å². The van der Waals surface area contributed by atoms with Crippen molar-refractivity contribution >= 4 is 12.2 Å². The molecule has 8 heteroatoms. The number of carbonyl (C=O) groups is 2. The second-order valence-corrected chi connectivity index (χ2v) is 12.0. The van der Waals surface area contributed by atoms with Gasteiger partial charge in [-0.3, -0.25) is 14.7 Å². The highest BCUT2D eigenvalue weighted by Gasteiger charge is 2.41. The largest absolute Gasteiger partial charge is 0.465 e. The molecule has 2 saturated heterocycles. The molecule has 5 rings (SSSR count). The summed E-state index contributed by atoms with van der Waals surface area (Å²) < 4.78 is 5.54. The van der Waals surface area contributed by atoms with Gasteiger partial charge in [-0.25, -0.2) is 9.59 Å². The fourth-order valence-corrected chi connectivity index (χ4v) is 5.49. The lowest BCUT2D eigenvalue weighted by Crippen LogP contribution is -2.55. The summed E-state index contributed by atoms with van der Waals surface area (Å²) in [7, 11) is 0. The summed E-state index contributed by atoms with van der Waals surface area (Å²) in [6.07, 6.45) is 1.48.